The third-order valence-electron chi connectivity index (χ3n) is 4.63. The molecular formula is C17H17F2N5OS. The number of carbonyl (C=O) groups is 1. The zero-order valence-electron chi connectivity index (χ0n) is 14.1. The highest BCUT2D eigenvalue weighted by molar-refractivity contribution is 7.10. The second kappa shape index (κ2) is 6.71. The molecule has 0 N–H and O–H groups in total. The number of hydrogen-bond acceptors (Lipinski definition) is 5. The monoisotopic (exact) mass is 377 g/mol. The highest BCUT2D eigenvalue weighted by Gasteiger charge is 2.28. The second-order valence-corrected chi connectivity index (χ2v) is 7.53. The normalized spacial score (nSPS) is 18.0. The van der Waals surface area contributed by atoms with Gasteiger partial charge in [0, 0.05) is 29.3 Å². The van der Waals surface area contributed by atoms with Gasteiger partial charge in [0.1, 0.15) is 12.0 Å². The Hall–Kier alpha value is -2.42. The average Bonchev–Trinajstić information content (AvgIpc) is 3.28. The molecule has 1 saturated heterocycles. The molecule has 1 aliphatic rings. The van der Waals surface area contributed by atoms with E-state index in [2.05, 4.69) is 15.1 Å². The number of likely N-dealkylation sites (tertiary alicyclic amines) is 1. The molecule has 6 nitrogen and oxygen atoms in total. The van der Waals surface area contributed by atoms with E-state index >= 15 is 0 Å². The molecule has 0 aliphatic carbocycles. The first kappa shape index (κ1) is 17.0. The van der Waals surface area contributed by atoms with E-state index in [-0.39, 0.29) is 23.3 Å². The summed E-state index contributed by atoms with van der Waals surface area (Å²) >= 11 is 1.54. The van der Waals surface area contributed by atoms with E-state index < -0.39 is 6.43 Å². The molecule has 1 unspecified atom stereocenters. The molecule has 3 aromatic rings. The number of rotatable bonds is 3. The van der Waals surface area contributed by atoms with Crippen LogP contribution in [0.4, 0.5) is 8.78 Å². The standard InChI is InChI=1S/C17H17F2N5OS/c1-10-5-12(8-26-10)16(25)23-4-2-3-11(7-23)13-6-14(15(18)19)24-17(22-13)20-9-21-24/h5-6,8-9,11,15H,2-4,7H2,1H3. The van der Waals surface area contributed by atoms with Crippen molar-refractivity contribution in [2.24, 2.45) is 0 Å². The minimum absolute atomic E-state index is 0.0170. The maximum atomic E-state index is 13.4. The van der Waals surface area contributed by atoms with Crippen LogP contribution in [-0.4, -0.2) is 43.5 Å². The van der Waals surface area contributed by atoms with Crippen LogP contribution in [0, 0.1) is 6.92 Å². The highest BCUT2D eigenvalue weighted by Crippen LogP contribution is 2.30. The molecule has 1 atom stereocenters. The first-order valence-corrected chi connectivity index (χ1v) is 9.24. The number of halogens is 2. The van der Waals surface area contributed by atoms with Gasteiger partial charge in [-0.15, -0.1) is 11.3 Å². The molecule has 0 bridgehead atoms. The Kier molecular flexibility index (Phi) is 4.39. The first-order valence-electron chi connectivity index (χ1n) is 8.36. The summed E-state index contributed by atoms with van der Waals surface area (Å²) in [6, 6.07) is 3.27. The van der Waals surface area contributed by atoms with Crippen molar-refractivity contribution < 1.29 is 13.6 Å². The molecule has 0 aromatic carbocycles. The highest BCUT2D eigenvalue weighted by atomic mass is 32.1. The summed E-state index contributed by atoms with van der Waals surface area (Å²) in [5, 5.41) is 5.67. The summed E-state index contributed by atoms with van der Waals surface area (Å²) in [7, 11) is 0. The molecule has 3 aromatic heterocycles. The van der Waals surface area contributed by atoms with E-state index in [1.165, 1.54) is 12.4 Å². The molecule has 136 valence electrons. The van der Waals surface area contributed by atoms with Crippen LogP contribution >= 0.6 is 11.3 Å². The first-order chi connectivity index (χ1) is 12.5. The Balaban J connectivity index is 1.61. The van der Waals surface area contributed by atoms with Crippen molar-refractivity contribution >= 4 is 23.0 Å². The van der Waals surface area contributed by atoms with Crippen molar-refractivity contribution in [2.45, 2.75) is 32.1 Å². The molecule has 0 spiro atoms. The predicted octanol–water partition coefficient (Wildman–Crippen LogP) is 3.45. The smallest absolute Gasteiger partial charge is 0.280 e. The summed E-state index contributed by atoms with van der Waals surface area (Å²) in [6.45, 7) is 3.09. The summed E-state index contributed by atoms with van der Waals surface area (Å²) in [4.78, 5) is 23.9. The molecular weight excluding hydrogens is 360 g/mol. The number of piperidine rings is 1. The van der Waals surface area contributed by atoms with Gasteiger partial charge in [-0.05, 0) is 31.9 Å². The van der Waals surface area contributed by atoms with Gasteiger partial charge in [-0.25, -0.2) is 13.8 Å². The molecule has 1 amide bonds. The lowest BCUT2D eigenvalue weighted by atomic mass is 9.93. The molecule has 1 fully saturated rings. The van der Waals surface area contributed by atoms with Crippen LogP contribution in [-0.2, 0) is 0 Å². The Morgan fingerprint density at radius 2 is 2.23 bits per heavy atom. The van der Waals surface area contributed by atoms with Crippen LogP contribution in [0.2, 0.25) is 0 Å². The zero-order valence-corrected chi connectivity index (χ0v) is 14.9. The number of thiophene rings is 1. The number of aromatic nitrogens is 4. The third kappa shape index (κ3) is 3.07. The van der Waals surface area contributed by atoms with Gasteiger partial charge in [0.2, 0.25) is 0 Å². The van der Waals surface area contributed by atoms with Crippen LogP contribution in [0.1, 0.15) is 51.8 Å². The average molecular weight is 377 g/mol. The Labute approximate surface area is 152 Å². The van der Waals surface area contributed by atoms with Crippen molar-refractivity contribution in [3.8, 4) is 0 Å². The minimum atomic E-state index is -2.67. The van der Waals surface area contributed by atoms with E-state index in [0.29, 0.717) is 24.3 Å². The molecule has 0 radical (unpaired) electrons. The summed E-state index contributed by atoms with van der Waals surface area (Å²) in [5.74, 6) is 0.0537. The number of alkyl halides is 2. The lowest BCUT2D eigenvalue weighted by Crippen LogP contribution is -2.39. The summed E-state index contributed by atoms with van der Waals surface area (Å²) in [6.07, 6.45) is 0.152. The summed E-state index contributed by atoms with van der Waals surface area (Å²) < 4.78 is 27.8. The van der Waals surface area contributed by atoms with Gasteiger partial charge in [0.25, 0.3) is 18.1 Å². The molecule has 26 heavy (non-hydrogen) atoms. The van der Waals surface area contributed by atoms with Crippen LogP contribution in [0.5, 0.6) is 0 Å². The molecule has 0 saturated carbocycles. The number of nitrogens with zero attached hydrogens (tertiary/aromatic N) is 5. The number of amides is 1. The zero-order chi connectivity index (χ0) is 18.3. The Bertz CT molecular complexity index is 954. The van der Waals surface area contributed by atoms with Crippen molar-refractivity contribution in [3.05, 3.63) is 45.7 Å². The van der Waals surface area contributed by atoms with Gasteiger partial charge in [-0.1, -0.05) is 0 Å². The second-order valence-electron chi connectivity index (χ2n) is 6.41. The van der Waals surface area contributed by atoms with Crippen molar-refractivity contribution in [1.82, 2.24) is 24.5 Å². The van der Waals surface area contributed by atoms with Crippen LogP contribution in [0.3, 0.4) is 0 Å². The van der Waals surface area contributed by atoms with Gasteiger partial charge in [-0.2, -0.15) is 14.6 Å². The quantitative estimate of drug-likeness (QED) is 0.701. The van der Waals surface area contributed by atoms with Crippen molar-refractivity contribution in [1.29, 1.82) is 0 Å². The topological polar surface area (TPSA) is 63.4 Å². The third-order valence-corrected chi connectivity index (χ3v) is 5.49. The maximum absolute atomic E-state index is 13.4. The van der Waals surface area contributed by atoms with Gasteiger partial charge < -0.3 is 4.90 Å². The fourth-order valence-corrected chi connectivity index (χ4v) is 4.04. The lowest BCUT2D eigenvalue weighted by molar-refractivity contribution is 0.0706. The fourth-order valence-electron chi connectivity index (χ4n) is 3.36. The van der Waals surface area contributed by atoms with E-state index in [1.807, 2.05) is 18.4 Å². The van der Waals surface area contributed by atoms with E-state index in [9.17, 15) is 13.6 Å². The van der Waals surface area contributed by atoms with Crippen LogP contribution in [0.25, 0.3) is 5.78 Å². The molecule has 1 aliphatic heterocycles. The maximum Gasteiger partial charge on any atom is 0.280 e. The number of carbonyl (C=O) groups excluding carboxylic acids is 1. The van der Waals surface area contributed by atoms with Gasteiger partial charge >= 0.3 is 0 Å². The minimum Gasteiger partial charge on any atom is -0.338 e. The van der Waals surface area contributed by atoms with Gasteiger partial charge in [-0.3, -0.25) is 4.79 Å². The molecule has 9 heteroatoms. The van der Waals surface area contributed by atoms with E-state index in [0.717, 1.165) is 22.2 Å². The van der Waals surface area contributed by atoms with Gasteiger partial charge in [0.05, 0.1) is 11.3 Å². The lowest BCUT2D eigenvalue weighted by Gasteiger charge is -2.32. The van der Waals surface area contributed by atoms with Crippen LogP contribution in [0.15, 0.2) is 23.8 Å². The van der Waals surface area contributed by atoms with Gasteiger partial charge in [0.15, 0.2) is 0 Å². The SMILES string of the molecule is Cc1cc(C(=O)N2CCCC(c3cc(C(F)F)n4ncnc4n3)C2)cs1. The summed E-state index contributed by atoms with van der Waals surface area (Å²) in [5.41, 5.74) is 1.00. The van der Waals surface area contributed by atoms with E-state index in [1.54, 1.807) is 16.2 Å². The number of fused-ring (bicyclic) bond motifs is 1. The largest absolute Gasteiger partial charge is 0.338 e. The number of aryl methyl sites for hydroxylation is 1. The molecule has 4 rings (SSSR count). The van der Waals surface area contributed by atoms with Crippen LogP contribution < -0.4 is 0 Å². The van der Waals surface area contributed by atoms with E-state index in [4.69, 9.17) is 0 Å². The Morgan fingerprint density at radius 1 is 1.38 bits per heavy atom. The predicted molar refractivity (Wildman–Crippen MR) is 92.7 cm³/mol. The fraction of sp³-hybridized carbons (Fsp3) is 0.412. The number of hydrogen-bond donors (Lipinski definition) is 0. The molecule has 4 heterocycles. The van der Waals surface area contributed by atoms with Crippen molar-refractivity contribution in [2.75, 3.05) is 13.1 Å². The Morgan fingerprint density at radius 3 is 2.96 bits per heavy atom. The van der Waals surface area contributed by atoms with Crippen molar-refractivity contribution in [3.63, 3.8) is 0 Å².